The van der Waals surface area contributed by atoms with Gasteiger partial charge in [0.15, 0.2) is 0 Å². The number of aromatic nitrogens is 1. The van der Waals surface area contributed by atoms with Crippen LogP contribution in [0.5, 0.6) is 5.88 Å². The van der Waals surface area contributed by atoms with Crippen molar-refractivity contribution in [2.45, 2.75) is 31.8 Å². The Morgan fingerprint density at radius 3 is 3.12 bits per heavy atom. The minimum absolute atomic E-state index is 0.240. The van der Waals surface area contributed by atoms with Crippen molar-refractivity contribution < 1.29 is 9.84 Å². The molecule has 1 atom stereocenters. The Balaban J connectivity index is 2.02. The third-order valence-corrected chi connectivity index (χ3v) is 3.32. The zero-order valence-electron chi connectivity index (χ0n) is 10.3. The summed E-state index contributed by atoms with van der Waals surface area (Å²) in [4.78, 5) is 6.72. The Labute approximate surface area is 102 Å². The first-order chi connectivity index (χ1) is 8.33. The van der Waals surface area contributed by atoms with Crippen molar-refractivity contribution in [3.8, 4) is 5.88 Å². The molecule has 1 N–H and O–H groups in total. The fraction of sp³-hybridized carbons (Fsp3) is 0.615. The molecule has 94 valence electrons. The van der Waals surface area contributed by atoms with Gasteiger partial charge < -0.3 is 9.84 Å². The molecule has 0 aromatic carbocycles. The van der Waals surface area contributed by atoms with Crippen molar-refractivity contribution in [1.82, 2.24) is 9.88 Å². The van der Waals surface area contributed by atoms with E-state index in [9.17, 15) is 5.11 Å². The lowest BCUT2D eigenvalue weighted by atomic mass is 10.0. The Kier molecular flexibility index (Phi) is 4.34. The van der Waals surface area contributed by atoms with Crippen LogP contribution in [0, 0.1) is 0 Å². The molecule has 1 aliphatic heterocycles. The van der Waals surface area contributed by atoms with E-state index in [1.807, 2.05) is 18.2 Å². The van der Waals surface area contributed by atoms with Gasteiger partial charge in [0, 0.05) is 18.7 Å². The normalized spacial score (nSPS) is 21.4. The van der Waals surface area contributed by atoms with Crippen molar-refractivity contribution in [2.75, 3.05) is 20.3 Å². The van der Waals surface area contributed by atoms with Crippen LogP contribution in [0.25, 0.3) is 0 Å². The second-order valence-electron chi connectivity index (χ2n) is 4.47. The second kappa shape index (κ2) is 5.98. The quantitative estimate of drug-likeness (QED) is 0.859. The third kappa shape index (κ3) is 3.17. The highest BCUT2D eigenvalue weighted by Crippen LogP contribution is 2.19. The van der Waals surface area contributed by atoms with Gasteiger partial charge in [-0.1, -0.05) is 12.5 Å². The zero-order valence-corrected chi connectivity index (χ0v) is 10.3. The first-order valence-corrected chi connectivity index (χ1v) is 6.18. The maximum absolute atomic E-state index is 9.35. The number of nitrogens with zero attached hydrogens (tertiary/aromatic N) is 2. The maximum atomic E-state index is 9.35. The molecule has 0 radical (unpaired) electrons. The summed E-state index contributed by atoms with van der Waals surface area (Å²) in [5, 5.41) is 9.35. The lowest BCUT2D eigenvalue weighted by molar-refractivity contribution is 0.0829. The van der Waals surface area contributed by atoms with Gasteiger partial charge in [0.1, 0.15) is 0 Å². The summed E-state index contributed by atoms with van der Waals surface area (Å²) in [6, 6.07) is 6.10. The summed E-state index contributed by atoms with van der Waals surface area (Å²) >= 11 is 0. The van der Waals surface area contributed by atoms with Crippen LogP contribution in [0.3, 0.4) is 0 Å². The van der Waals surface area contributed by atoms with Gasteiger partial charge >= 0.3 is 0 Å². The van der Waals surface area contributed by atoms with Crippen LogP contribution in [-0.2, 0) is 6.54 Å². The molecular formula is C13H20N2O2. The van der Waals surface area contributed by atoms with Gasteiger partial charge in [0.05, 0.1) is 19.4 Å². The van der Waals surface area contributed by atoms with E-state index in [0.29, 0.717) is 5.88 Å². The van der Waals surface area contributed by atoms with Crippen molar-refractivity contribution in [3.05, 3.63) is 23.9 Å². The molecule has 0 aliphatic carbocycles. The predicted molar refractivity (Wildman–Crippen MR) is 65.9 cm³/mol. The van der Waals surface area contributed by atoms with Gasteiger partial charge in [0.2, 0.25) is 5.88 Å². The number of rotatable bonds is 4. The Hall–Kier alpha value is -1.13. The van der Waals surface area contributed by atoms with Crippen molar-refractivity contribution in [1.29, 1.82) is 0 Å². The average molecular weight is 236 g/mol. The van der Waals surface area contributed by atoms with E-state index >= 15 is 0 Å². The molecule has 2 rings (SSSR count). The van der Waals surface area contributed by atoms with Crippen LogP contribution < -0.4 is 4.74 Å². The Morgan fingerprint density at radius 2 is 2.35 bits per heavy atom. The molecule has 1 unspecified atom stereocenters. The number of aliphatic hydroxyl groups excluding tert-OH is 1. The Bertz CT molecular complexity index is 357. The fourth-order valence-corrected chi connectivity index (χ4v) is 2.34. The van der Waals surface area contributed by atoms with E-state index < -0.39 is 0 Å². The van der Waals surface area contributed by atoms with E-state index in [4.69, 9.17) is 4.74 Å². The van der Waals surface area contributed by atoms with E-state index in [1.54, 1.807) is 7.11 Å². The average Bonchev–Trinajstić information content (AvgIpc) is 2.39. The highest BCUT2D eigenvalue weighted by molar-refractivity contribution is 5.15. The van der Waals surface area contributed by atoms with Crippen molar-refractivity contribution >= 4 is 0 Å². The molecule has 17 heavy (non-hydrogen) atoms. The molecule has 1 saturated heterocycles. The first kappa shape index (κ1) is 12.3. The molecule has 1 aromatic rings. The van der Waals surface area contributed by atoms with E-state index in [0.717, 1.165) is 25.2 Å². The largest absolute Gasteiger partial charge is 0.481 e. The SMILES string of the molecule is COc1cccc(CN2CCCCC2CO)n1. The van der Waals surface area contributed by atoms with E-state index in [-0.39, 0.29) is 12.6 Å². The van der Waals surface area contributed by atoms with Gasteiger partial charge in [-0.2, -0.15) is 0 Å². The molecule has 1 aromatic heterocycles. The van der Waals surface area contributed by atoms with Crippen LogP contribution in [0.4, 0.5) is 0 Å². The van der Waals surface area contributed by atoms with Crippen LogP contribution in [0.2, 0.25) is 0 Å². The minimum Gasteiger partial charge on any atom is -0.481 e. The van der Waals surface area contributed by atoms with Crippen LogP contribution in [0.15, 0.2) is 18.2 Å². The number of hydrogen-bond acceptors (Lipinski definition) is 4. The van der Waals surface area contributed by atoms with Gasteiger partial charge in [-0.3, -0.25) is 4.90 Å². The van der Waals surface area contributed by atoms with Gasteiger partial charge in [0.25, 0.3) is 0 Å². The topological polar surface area (TPSA) is 45.6 Å². The Morgan fingerprint density at radius 1 is 1.47 bits per heavy atom. The van der Waals surface area contributed by atoms with Crippen LogP contribution in [0.1, 0.15) is 25.0 Å². The standard InChI is InChI=1S/C13H20N2O2/c1-17-13-7-4-5-11(14-13)9-15-8-3-2-6-12(15)10-16/h4-5,7,12,16H,2-3,6,8-10H2,1H3. The molecule has 1 aliphatic rings. The molecule has 2 heterocycles. The molecule has 1 fully saturated rings. The fourth-order valence-electron chi connectivity index (χ4n) is 2.34. The number of pyridine rings is 1. The number of ether oxygens (including phenoxy) is 1. The number of methoxy groups -OCH3 is 1. The molecule has 0 bridgehead atoms. The number of likely N-dealkylation sites (tertiary alicyclic amines) is 1. The summed E-state index contributed by atoms with van der Waals surface area (Å²) in [5.74, 6) is 0.653. The zero-order chi connectivity index (χ0) is 12.1. The minimum atomic E-state index is 0.240. The van der Waals surface area contributed by atoms with E-state index in [1.165, 1.54) is 12.8 Å². The lowest BCUT2D eigenvalue weighted by Crippen LogP contribution is -2.41. The molecule has 4 heteroatoms. The maximum Gasteiger partial charge on any atom is 0.213 e. The predicted octanol–water partition coefficient (Wildman–Crippen LogP) is 1.44. The van der Waals surface area contributed by atoms with Crippen molar-refractivity contribution in [2.24, 2.45) is 0 Å². The van der Waals surface area contributed by atoms with Crippen molar-refractivity contribution in [3.63, 3.8) is 0 Å². The highest BCUT2D eigenvalue weighted by atomic mass is 16.5. The van der Waals surface area contributed by atoms with Crippen LogP contribution >= 0.6 is 0 Å². The van der Waals surface area contributed by atoms with Gasteiger partial charge in [-0.25, -0.2) is 4.98 Å². The lowest BCUT2D eigenvalue weighted by Gasteiger charge is -2.34. The summed E-state index contributed by atoms with van der Waals surface area (Å²) in [7, 11) is 1.63. The molecule has 4 nitrogen and oxygen atoms in total. The third-order valence-electron chi connectivity index (χ3n) is 3.32. The number of hydrogen-bond donors (Lipinski definition) is 1. The molecule has 0 amide bonds. The monoisotopic (exact) mass is 236 g/mol. The highest BCUT2D eigenvalue weighted by Gasteiger charge is 2.21. The summed E-state index contributed by atoms with van der Waals surface area (Å²) in [5.41, 5.74) is 1.00. The van der Waals surface area contributed by atoms with E-state index in [2.05, 4.69) is 9.88 Å². The smallest absolute Gasteiger partial charge is 0.213 e. The summed E-state index contributed by atoms with van der Waals surface area (Å²) in [6.45, 7) is 2.08. The molecular weight excluding hydrogens is 216 g/mol. The molecule has 0 spiro atoms. The first-order valence-electron chi connectivity index (χ1n) is 6.18. The van der Waals surface area contributed by atoms with Crippen LogP contribution in [-0.4, -0.2) is 41.3 Å². The molecule has 0 saturated carbocycles. The number of aliphatic hydroxyl groups is 1. The second-order valence-corrected chi connectivity index (χ2v) is 4.47. The van der Waals surface area contributed by atoms with Gasteiger partial charge in [-0.05, 0) is 25.5 Å². The van der Waals surface area contributed by atoms with Gasteiger partial charge in [-0.15, -0.1) is 0 Å². The number of piperidine rings is 1. The summed E-state index contributed by atoms with van der Waals surface area (Å²) < 4.78 is 5.12. The summed E-state index contributed by atoms with van der Waals surface area (Å²) in [6.07, 6.45) is 3.51.